The van der Waals surface area contributed by atoms with E-state index in [1.54, 1.807) is 42.9 Å². The number of amides is 1. The Labute approximate surface area is 212 Å². The number of benzene rings is 2. The summed E-state index contributed by atoms with van der Waals surface area (Å²) in [6, 6.07) is 9.48. The summed E-state index contributed by atoms with van der Waals surface area (Å²) >= 11 is 12.4. The topological polar surface area (TPSA) is 84.7 Å². The molecule has 1 amide bonds. The number of aryl methyl sites for hydroxylation is 1. The maximum absolute atomic E-state index is 13.2. The van der Waals surface area contributed by atoms with Crippen LogP contribution in [0.3, 0.4) is 0 Å². The molecule has 7 nitrogen and oxygen atoms in total. The summed E-state index contributed by atoms with van der Waals surface area (Å²) in [5.74, 6) is -0.855. The molecule has 1 aromatic heterocycles. The van der Waals surface area contributed by atoms with E-state index < -0.39 is 17.7 Å². The lowest BCUT2D eigenvalue weighted by Gasteiger charge is -2.25. The molecular formula is C26H23Cl2N3O4. The lowest BCUT2D eigenvalue weighted by atomic mass is 9.94. The smallest absolute Gasteiger partial charge is 0.295 e. The monoisotopic (exact) mass is 511 g/mol. The highest BCUT2D eigenvalue weighted by Gasteiger charge is 2.46. The highest BCUT2D eigenvalue weighted by atomic mass is 35.5. The number of rotatable bonds is 6. The number of fused-ring (bicyclic) bond motifs is 1. The van der Waals surface area contributed by atoms with Crippen LogP contribution in [0.1, 0.15) is 36.1 Å². The van der Waals surface area contributed by atoms with Crippen LogP contribution in [0.5, 0.6) is 5.75 Å². The summed E-state index contributed by atoms with van der Waals surface area (Å²) in [5, 5.41) is 12.0. The second-order valence-electron chi connectivity index (χ2n) is 8.78. The Morgan fingerprint density at radius 1 is 1.14 bits per heavy atom. The van der Waals surface area contributed by atoms with Gasteiger partial charge < -0.3 is 19.3 Å². The van der Waals surface area contributed by atoms with Crippen LogP contribution < -0.4 is 4.74 Å². The number of carbonyl (C=O) groups is 2. The standard InChI is InChI=1S/C26H23Cl2N3O4/c1-15-11-18-12-17(4-6-21(18)35-15)24(32)22-23(16-3-5-19(27)20(28)13-16)31(26(34)25(22)33)9-2-8-30-10-7-29-14-30/h3-7,10,12-15,23,32H,2,8-9,11H2,1H3/t15-,23-/m1/s1. The molecule has 3 aromatic rings. The first-order valence-electron chi connectivity index (χ1n) is 11.3. The maximum Gasteiger partial charge on any atom is 0.295 e. The minimum absolute atomic E-state index is 0.0305. The van der Waals surface area contributed by atoms with Crippen LogP contribution in [-0.2, 0) is 22.6 Å². The number of likely N-dealkylation sites (tertiary alicyclic amines) is 1. The molecule has 180 valence electrons. The fourth-order valence-electron chi connectivity index (χ4n) is 4.71. The Hall–Kier alpha value is -3.29. The van der Waals surface area contributed by atoms with Crippen molar-refractivity contribution in [1.82, 2.24) is 14.5 Å². The third-order valence-electron chi connectivity index (χ3n) is 6.34. The SMILES string of the molecule is C[C@@H]1Cc2cc(C(O)=C3C(=O)C(=O)N(CCCn4ccnc4)[C@@H]3c3ccc(Cl)c(Cl)c3)ccc2O1. The molecule has 2 aliphatic rings. The molecule has 3 heterocycles. The van der Waals surface area contributed by atoms with Gasteiger partial charge in [0.25, 0.3) is 11.7 Å². The molecule has 2 aromatic carbocycles. The van der Waals surface area contributed by atoms with Crippen molar-refractivity contribution < 1.29 is 19.4 Å². The van der Waals surface area contributed by atoms with E-state index in [4.69, 9.17) is 27.9 Å². The summed E-state index contributed by atoms with van der Waals surface area (Å²) in [5.41, 5.74) is 2.04. The Balaban J connectivity index is 1.55. The average Bonchev–Trinajstić information content (AvgIpc) is 3.54. The number of hydrogen-bond donors (Lipinski definition) is 1. The number of carbonyl (C=O) groups excluding carboxylic acids is 2. The molecule has 9 heteroatoms. The molecule has 1 fully saturated rings. The summed E-state index contributed by atoms with van der Waals surface area (Å²) in [7, 11) is 0. The normalized spacial score (nSPS) is 20.8. The number of Topliss-reactive ketones (excluding diaryl/α,β-unsaturated/α-hetero) is 1. The summed E-state index contributed by atoms with van der Waals surface area (Å²) in [6.45, 7) is 2.90. The first-order valence-corrected chi connectivity index (χ1v) is 12.1. The molecule has 0 saturated carbocycles. The zero-order chi connectivity index (χ0) is 24.7. The van der Waals surface area contributed by atoms with Crippen LogP contribution in [0.15, 0.2) is 60.7 Å². The molecule has 1 saturated heterocycles. The van der Waals surface area contributed by atoms with E-state index in [0.29, 0.717) is 47.1 Å². The van der Waals surface area contributed by atoms with Gasteiger partial charge in [-0.05, 0) is 54.8 Å². The van der Waals surface area contributed by atoms with Gasteiger partial charge in [-0.15, -0.1) is 0 Å². The first kappa shape index (κ1) is 23.5. The molecule has 5 rings (SSSR count). The summed E-state index contributed by atoms with van der Waals surface area (Å²) in [4.78, 5) is 31.9. The lowest BCUT2D eigenvalue weighted by Crippen LogP contribution is -2.31. The van der Waals surface area contributed by atoms with Gasteiger partial charge in [-0.1, -0.05) is 29.3 Å². The number of ketones is 1. The quantitative estimate of drug-likeness (QED) is 0.285. The highest BCUT2D eigenvalue weighted by molar-refractivity contribution is 6.46. The fraction of sp³-hybridized carbons (Fsp3) is 0.269. The van der Waals surface area contributed by atoms with Crippen molar-refractivity contribution in [3.8, 4) is 5.75 Å². The maximum atomic E-state index is 13.2. The van der Waals surface area contributed by atoms with Gasteiger partial charge in [0, 0.05) is 37.5 Å². The number of aromatic nitrogens is 2. The molecular weight excluding hydrogens is 489 g/mol. The predicted molar refractivity (Wildman–Crippen MR) is 133 cm³/mol. The van der Waals surface area contributed by atoms with Crippen molar-refractivity contribution in [2.45, 2.75) is 38.5 Å². The number of aliphatic hydroxyl groups is 1. The number of ether oxygens (including phenoxy) is 1. The van der Waals surface area contributed by atoms with E-state index in [0.717, 1.165) is 11.3 Å². The van der Waals surface area contributed by atoms with Crippen molar-refractivity contribution in [2.75, 3.05) is 6.54 Å². The molecule has 2 aliphatic heterocycles. The second kappa shape index (κ2) is 9.40. The van der Waals surface area contributed by atoms with Crippen LogP contribution in [-0.4, -0.2) is 43.9 Å². The van der Waals surface area contributed by atoms with Gasteiger partial charge in [0.15, 0.2) is 0 Å². The molecule has 2 atom stereocenters. The van der Waals surface area contributed by atoms with Gasteiger partial charge in [-0.2, -0.15) is 0 Å². The molecule has 0 radical (unpaired) electrons. The van der Waals surface area contributed by atoms with Crippen LogP contribution in [0.4, 0.5) is 0 Å². The van der Waals surface area contributed by atoms with Crippen molar-refractivity contribution in [3.05, 3.63) is 87.4 Å². The van der Waals surface area contributed by atoms with Crippen molar-refractivity contribution in [1.29, 1.82) is 0 Å². The van der Waals surface area contributed by atoms with Crippen molar-refractivity contribution in [3.63, 3.8) is 0 Å². The minimum atomic E-state index is -0.795. The number of halogens is 2. The number of aliphatic hydroxyl groups excluding tert-OH is 1. The fourth-order valence-corrected chi connectivity index (χ4v) is 5.01. The van der Waals surface area contributed by atoms with Gasteiger partial charge in [-0.25, -0.2) is 4.98 Å². The Morgan fingerprint density at radius 3 is 2.71 bits per heavy atom. The molecule has 0 unspecified atom stereocenters. The van der Waals surface area contributed by atoms with E-state index in [9.17, 15) is 14.7 Å². The predicted octanol–water partition coefficient (Wildman–Crippen LogP) is 5.03. The Morgan fingerprint density at radius 2 is 1.97 bits per heavy atom. The van der Waals surface area contributed by atoms with Gasteiger partial charge in [0.05, 0.1) is 28.0 Å². The average molecular weight is 512 g/mol. The van der Waals surface area contributed by atoms with Gasteiger partial charge in [-0.3, -0.25) is 9.59 Å². The van der Waals surface area contributed by atoms with E-state index >= 15 is 0 Å². The molecule has 1 N–H and O–H groups in total. The lowest BCUT2D eigenvalue weighted by molar-refractivity contribution is -0.139. The highest BCUT2D eigenvalue weighted by Crippen LogP contribution is 2.42. The third kappa shape index (κ3) is 4.42. The minimum Gasteiger partial charge on any atom is -0.507 e. The van der Waals surface area contributed by atoms with Gasteiger partial charge >= 0.3 is 0 Å². The van der Waals surface area contributed by atoms with Gasteiger partial charge in [0.1, 0.15) is 17.6 Å². The van der Waals surface area contributed by atoms with Crippen LogP contribution in [0, 0.1) is 0 Å². The molecule has 35 heavy (non-hydrogen) atoms. The summed E-state index contributed by atoms with van der Waals surface area (Å²) in [6.07, 6.45) is 6.56. The summed E-state index contributed by atoms with van der Waals surface area (Å²) < 4.78 is 7.65. The van der Waals surface area contributed by atoms with Crippen molar-refractivity contribution >= 4 is 40.7 Å². The Bertz CT molecular complexity index is 1340. The van der Waals surface area contributed by atoms with E-state index in [1.807, 2.05) is 23.8 Å². The zero-order valence-corrected chi connectivity index (χ0v) is 20.5. The third-order valence-corrected chi connectivity index (χ3v) is 7.08. The van der Waals surface area contributed by atoms with Crippen LogP contribution >= 0.6 is 23.2 Å². The van der Waals surface area contributed by atoms with E-state index in [1.165, 1.54) is 4.90 Å². The number of nitrogens with zero attached hydrogens (tertiary/aromatic N) is 3. The molecule has 0 aliphatic carbocycles. The van der Waals surface area contributed by atoms with Crippen LogP contribution in [0.25, 0.3) is 5.76 Å². The van der Waals surface area contributed by atoms with E-state index in [2.05, 4.69) is 4.98 Å². The molecule has 0 spiro atoms. The second-order valence-corrected chi connectivity index (χ2v) is 9.59. The van der Waals surface area contributed by atoms with Crippen LogP contribution in [0.2, 0.25) is 10.0 Å². The molecule has 0 bridgehead atoms. The Kier molecular flexibility index (Phi) is 6.30. The van der Waals surface area contributed by atoms with E-state index in [-0.39, 0.29) is 17.4 Å². The largest absolute Gasteiger partial charge is 0.507 e. The van der Waals surface area contributed by atoms with Crippen molar-refractivity contribution in [2.24, 2.45) is 0 Å². The first-order chi connectivity index (χ1) is 16.8. The number of hydrogen-bond acceptors (Lipinski definition) is 5. The number of imidazole rings is 1. The van der Waals surface area contributed by atoms with Gasteiger partial charge in [0.2, 0.25) is 0 Å². The zero-order valence-electron chi connectivity index (χ0n) is 18.9.